The largest absolute Gasteiger partial charge is 0.355 e. The Morgan fingerprint density at radius 3 is 2.81 bits per heavy atom. The zero-order valence-corrected chi connectivity index (χ0v) is 10.6. The summed E-state index contributed by atoms with van der Waals surface area (Å²) in [7, 11) is 1.62. The van der Waals surface area contributed by atoms with Gasteiger partial charge in [0.1, 0.15) is 0 Å². The van der Waals surface area contributed by atoms with Gasteiger partial charge in [0, 0.05) is 16.9 Å². The molecule has 0 bridgehead atoms. The van der Waals surface area contributed by atoms with Gasteiger partial charge >= 0.3 is 0 Å². The molecule has 0 saturated carbocycles. The molecule has 16 heavy (non-hydrogen) atoms. The molecular formula is C12H11BrN2O. The molecule has 0 aliphatic rings. The molecule has 0 saturated heterocycles. The number of hydrogen-bond donors (Lipinski definition) is 1. The number of nitrogens with one attached hydrogen (secondary N) is 1. The van der Waals surface area contributed by atoms with Crippen LogP contribution in [0.2, 0.25) is 0 Å². The fourth-order valence-corrected chi connectivity index (χ4v) is 1.99. The molecule has 82 valence electrons. The highest BCUT2D eigenvalue weighted by Gasteiger charge is 2.09. The number of halogens is 1. The molecule has 3 nitrogen and oxygen atoms in total. The fourth-order valence-electron chi connectivity index (χ4n) is 1.61. The second-order valence-corrected chi connectivity index (χ2v) is 4.45. The molecule has 1 amide bonds. The molecule has 0 atom stereocenters. The van der Waals surface area contributed by atoms with E-state index >= 15 is 0 Å². The Balaban J connectivity index is 2.68. The van der Waals surface area contributed by atoms with Crippen molar-refractivity contribution in [3.63, 3.8) is 0 Å². The van der Waals surface area contributed by atoms with Gasteiger partial charge in [-0.15, -0.1) is 0 Å². The topological polar surface area (TPSA) is 42.0 Å². The van der Waals surface area contributed by atoms with Crippen LogP contribution in [0, 0.1) is 6.92 Å². The van der Waals surface area contributed by atoms with Crippen LogP contribution < -0.4 is 5.32 Å². The molecule has 0 aliphatic carbocycles. The number of pyridine rings is 1. The van der Waals surface area contributed by atoms with E-state index in [9.17, 15) is 4.79 Å². The Bertz CT molecular complexity index is 566. The van der Waals surface area contributed by atoms with Crippen molar-refractivity contribution in [2.75, 3.05) is 7.05 Å². The summed E-state index contributed by atoms with van der Waals surface area (Å²) in [5, 5.41) is 3.57. The van der Waals surface area contributed by atoms with E-state index in [1.807, 2.05) is 31.2 Å². The van der Waals surface area contributed by atoms with Gasteiger partial charge in [-0.3, -0.25) is 9.78 Å². The first-order valence-corrected chi connectivity index (χ1v) is 5.70. The molecule has 0 unspecified atom stereocenters. The highest BCUT2D eigenvalue weighted by atomic mass is 79.9. The molecular weight excluding hydrogens is 268 g/mol. The lowest BCUT2D eigenvalue weighted by Gasteiger charge is -2.06. The van der Waals surface area contributed by atoms with E-state index in [0.717, 1.165) is 21.1 Å². The van der Waals surface area contributed by atoms with Crippen LogP contribution in [0.25, 0.3) is 10.9 Å². The molecule has 1 aromatic carbocycles. The van der Waals surface area contributed by atoms with Crippen LogP contribution in [-0.2, 0) is 0 Å². The third-order valence-electron chi connectivity index (χ3n) is 2.44. The summed E-state index contributed by atoms with van der Waals surface area (Å²) in [6.45, 7) is 1.84. The second kappa shape index (κ2) is 4.22. The Kier molecular flexibility index (Phi) is 2.92. The second-order valence-electron chi connectivity index (χ2n) is 3.54. The first-order chi connectivity index (χ1) is 7.61. The maximum atomic E-state index is 11.6. The van der Waals surface area contributed by atoms with Crippen molar-refractivity contribution in [1.82, 2.24) is 10.3 Å². The standard InChI is InChI=1S/C12H11BrN2O/c1-7-10(12(16)14-2)6-8-5-9(13)3-4-11(8)15-7/h3-6H,1-2H3,(H,14,16). The van der Waals surface area contributed by atoms with E-state index in [-0.39, 0.29) is 5.91 Å². The van der Waals surface area contributed by atoms with E-state index in [1.54, 1.807) is 7.05 Å². The number of rotatable bonds is 1. The number of aryl methyl sites for hydroxylation is 1. The quantitative estimate of drug-likeness (QED) is 0.872. The minimum absolute atomic E-state index is 0.105. The summed E-state index contributed by atoms with van der Waals surface area (Å²) in [6.07, 6.45) is 0. The van der Waals surface area contributed by atoms with Crippen LogP contribution in [0.1, 0.15) is 16.1 Å². The number of aromatic nitrogens is 1. The summed E-state index contributed by atoms with van der Waals surface area (Å²) in [5.41, 5.74) is 2.26. The Morgan fingerprint density at radius 1 is 1.38 bits per heavy atom. The summed E-state index contributed by atoms with van der Waals surface area (Å²) >= 11 is 3.40. The van der Waals surface area contributed by atoms with Crippen LogP contribution in [0.15, 0.2) is 28.7 Å². The normalized spacial score (nSPS) is 10.4. The van der Waals surface area contributed by atoms with Crippen molar-refractivity contribution in [2.45, 2.75) is 6.92 Å². The van der Waals surface area contributed by atoms with Crippen LogP contribution >= 0.6 is 15.9 Å². The van der Waals surface area contributed by atoms with Crippen LogP contribution in [0.3, 0.4) is 0 Å². The van der Waals surface area contributed by atoms with Crippen LogP contribution in [0.4, 0.5) is 0 Å². The van der Waals surface area contributed by atoms with Crippen molar-refractivity contribution >= 4 is 32.7 Å². The number of hydrogen-bond acceptors (Lipinski definition) is 2. The van der Waals surface area contributed by atoms with Gasteiger partial charge in [-0.25, -0.2) is 0 Å². The predicted octanol–water partition coefficient (Wildman–Crippen LogP) is 2.67. The number of carbonyl (C=O) groups excluding carboxylic acids is 1. The van der Waals surface area contributed by atoms with Crippen molar-refractivity contribution < 1.29 is 4.79 Å². The lowest BCUT2D eigenvalue weighted by atomic mass is 10.1. The first-order valence-electron chi connectivity index (χ1n) is 4.91. The van der Waals surface area contributed by atoms with Gasteiger partial charge < -0.3 is 5.32 Å². The summed E-state index contributed by atoms with van der Waals surface area (Å²) in [5.74, 6) is -0.105. The highest BCUT2D eigenvalue weighted by molar-refractivity contribution is 9.10. The molecule has 0 spiro atoms. The molecule has 1 heterocycles. The van der Waals surface area contributed by atoms with E-state index in [2.05, 4.69) is 26.2 Å². The van der Waals surface area contributed by atoms with E-state index in [4.69, 9.17) is 0 Å². The lowest BCUT2D eigenvalue weighted by molar-refractivity contribution is 0.0962. The number of fused-ring (bicyclic) bond motifs is 1. The SMILES string of the molecule is CNC(=O)c1cc2cc(Br)ccc2nc1C. The first kappa shape index (κ1) is 11.1. The van der Waals surface area contributed by atoms with E-state index < -0.39 is 0 Å². The molecule has 0 radical (unpaired) electrons. The van der Waals surface area contributed by atoms with Gasteiger partial charge in [0.25, 0.3) is 5.91 Å². The lowest BCUT2D eigenvalue weighted by Crippen LogP contribution is -2.19. The van der Waals surface area contributed by atoms with Gasteiger partial charge in [-0.1, -0.05) is 15.9 Å². The van der Waals surface area contributed by atoms with Crippen molar-refractivity contribution in [3.05, 3.63) is 40.0 Å². The molecule has 2 aromatic rings. The monoisotopic (exact) mass is 278 g/mol. The van der Waals surface area contributed by atoms with Gasteiger partial charge in [-0.2, -0.15) is 0 Å². The molecule has 0 fully saturated rings. The third-order valence-corrected chi connectivity index (χ3v) is 2.93. The van der Waals surface area contributed by atoms with Gasteiger partial charge in [0.2, 0.25) is 0 Å². The third kappa shape index (κ3) is 1.93. The summed E-state index contributed by atoms with van der Waals surface area (Å²) < 4.78 is 0.980. The number of benzene rings is 1. The summed E-state index contributed by atoms with van der Waals surface area (Å²) in [4.78, 5) is 16.0. The van der Waals surface area contributed by atoms with Crippen LogP contribution in [-0.4, -0.2) is 17.9 Å². The maximum absolute atomic E-state index is 11.6. The van der Waals surface area contributed by atoms with Crippen molar-refractivity contribution in [1.29, 1.82) is 0 Å². The zero-order valence-electron chi connectivity index (χ0n) is 9.04. The molecule has 2 rings (SSSR count). The Hall–Kier alpha value is -1.42. The van der Waals surface area contributed by atoms with Gasteiger partial charge in [0.05, 0.1) is 16.8 Å². The maximum Gasteiger partial charge on any atom is 0.252 e. The van der Waals surface area contributed by atoms with Gasteiger partial charge in [0.15, 0.2) is 0 Å². The average Bonchev–Trinajstić information content (AvgIpc) is 2.28. The van der Waals surface area contributed by atoms with Crippen LogP contribution in [0.5, 0.6) is 0 Å². The molecule has 1 N–H and O–H groups in total. The molecule has 1 aromatic heterocycles. The smallest absolute Gasteiger partial charge is 0.252 e. The average molecular weight is 279 g/mol. The molecule has 4 heteroatoms. The fraction of sp³-hybridized carbons (Fsp3) is 0.167. The van der Waals surface area contributed by atoms with Crippen molar-refractivity contribution in [2.24, 2.45) is 0 Å². The molecule has 0 aliphatic heterocycles. The van der Waals surface area contributed by atoms with E-state index in [1.165, 1.54) is 0 Å². The minimum atomic E-state index is -0.105. The minimum Gasteiger partial charge on any atom is -0.355 e. The zero-order chi connectivity index (χ0) is 11.7. The number of amides is 1. The Labute approximate surface area is 102 Å². The van der Waals surface area contributed by atoms with E-state index in [0.29, 0.717) is 5.56 Å². The predicted molar refractivity (Wildman–Crippen MR) is 67.6 cm³/mol. The Morgan fingerprint density at radius 2 is 2.12 bits per heavy atom. The highest BCUT2D eigenvalue weighted by Crippen LogP contribution is 2.20. The summed E-state index contributed by atoms with van der Waals surface area (Å²) in [6, 6.07) is 7.68. The number of nitrogens with zero attached hydrogens (tertiary/aromatic N) is 1. The number of carbonyl (C=O) groups is 1. The van der Waals surface area contributed by atoms with Gasteiger partial charge in [-0.05, 0) is 31.2 Å². The van der Waals surface area contributed by atoms with Crippen molar-refractivity contribution in [3.8, 4) is 0 Å².